The summed E-state index contributed by atoms with van der Waals surface area (Å²) in [5.41, 5.74) is -0.833. The van der Waals surface area contributed by atoms with Crippen LogP contribution in [0.15, 0.2) is 0 Å². The molecule has 1 unspecified atom stereocenters. The Morgan fingerprint density at radius 1 is 1.38 bits per heavy atom. The number of nitrogens with zero attached hydrogens (tertiary/aromatic N) is 1. The summed E-state index contributed by atoms with van der Waals surface area (Å²) in [6.45, 7) is 9.57. The molecule has 0 spiro atoms. The zero-order valence-electron chi connectivity index (χ0n) is 9.22. The van der Waals surface area contributed by atoms with Gasteiger partial charge in [-0.25, -0.2) is 4.39 Å². The van der Waals surface area contributed by atoms with Gasteiger partial charge in [0.2, 0.25) is 0 Å². The van der Waals surface area contributed by atoms with Gasteiger partial charge in [-0.15, -0.1) is 0 Å². The third-order valence-corrected chi connectivity index (χ3v) is 4.07. The Balaban J connectivity index is 2.48. The number of rotatable bonds is 2. The summed E-state index contributed by atoms with van der Waals surface area (Å²) in [6.07, 6.45) is 1.98. The van der Waals surface area contributed by atoms with Gasteiger partial charge in [0.1, 0.15) is 5.67 Å². The average Bonchev–Trinajstić information content (AvgIpc) is 1.95. The molecule has 0 saturated carbocycles. The molecule has 0 amide bonds. The lowest BCUT2D eigenvalue weighted by Gasteiger charge is -2.53. The predicted octanol–water partition coefficient (Wildman–Crippen LogP) is 2.56. The van der Waals surface area contributed by atoms with Crippen LogP contribution in [0.1, 0.15) is 27.7 Å². The van der Waals surface area contributed by atoms with Crippen molar-refractivity contribution in [1.29, 1.82) is 0 Å². The molecule has 1 aliphatic heterocycles. The van der Waals surface area contributed by atoms with E-state index in [1.54, 1.807) is 11.8 Å². The number of thioether (sulfide) groups is 1. The highest BCUT2D eigenvalue weighted by atomic mass is 32.2. The van der Waals surface area contributed by atoms with Crippen LogP contribution in [0.25, 0.3) is 0 Å². The topological polar surface area (TPSA) is 3.24 Å². The number of alkyl halides is 1. The van der Waals surface area contributed by atoms with E-state index in [2.05, 4.69) is 25.7 Å². The van der Waals surface area contributed by atoms with E-state index in [1.165, 1.54) is 0 Å². The van der Waals surface area contributed by atoms with Crippen molar-refractivity contribution in [1.82, 2.24) is 4.90 Å². The highest BCUT2D eigenvalue weighted by Crippen LogP contribution is 2.38. The number of halogens is 1. The molecule has 0 aliphatic carbocycles. The second-order valence-corrected chi connectivity index (χ2v) is 6.12. The summed E-state index contributed by atoms with van der Waals surface area (Å²) >= 11 is 1.62. The van der Waals surface area contributed by atoms with E-state index in [4.69, 9.17) is 0 Å². The summed E-state index contributed by atoms with van der Waals surface area (Å²) in [6, 6.07) is 0. The van der Waals surface area contributed by atoms with E-state index in [1.807, 2.05) is 13.2 Å². The minimum atomic E-state index is -0.952. The molecule has 78 valence electrons. The van der Waals surface area contributed by atoms with Crippen LogP contribution in [0.2, 0.25) is 0 Å². The van der Waals surface area contributed by atoms with E-state index >= 15 is 0 Å². The Labute approximate surface area is 85.1 Å². The lowest BCUT2D eigenvalue weighted by molar-refractivity contribution is -0.0777. The van der Waals surface area contributed by atoms with Crippen LogP contribution in [0.5, 0.6) is 0 Å². The van der Waals surface area contributed by atoms with Crippen LogP contribution in [0.3, 0.4) is 0 Å². The van der Waals surface area contributed by atoms with Gasteiger partial charge in [0.25, 0.3) is 0 Å². The molecule has 1 aliphatic rings. The summed E-state index contributed by atoms with van der Waals surface area (Å²) in [4.78, 5) is 2.19. The molecule has 1 nitrogen and oxygen atoms in total. The Hall–Kier alpha value is 0.240. The maximum Gasteiger partial charge on any atom is 0.147 e. The van der Waals surface area contributed by atoms with Crippen molar-refractivity contribution in [3.8, 4) is 0 Å². The first-order valence-corrected chi connectivity index (χ1v) is 6.05. The van der Waals surface area contributed by atoms with E-state index in [9.17, 15) is 4.39 Å². The fourth-order valence-electron chi connectivity index (χ4n) is 1.53. The molecule has 3 heteroatoms. The van der Waals surface area contributed by atoms with Crippen LogP contribution in [0, 0.1) is 0 Å². The highest BCUT2D eigenvalue weighted by molar-refractivity contribution is 7.99. The predicted molar refractivity (Wildman–Crippen MR) is 58.1 cm³/mol. The van der Waals surface area contributed by atoms with Crippen molar-refractivity contribution >= 4 is 11.8 Å². The number of likely N-dealkylation sites (tertiary alicyclic amines) is 1. The van der Waals surface area contributed by atoms with Gasteiger partial charge in [0.05, 0.1) is 0 Å². The van der Waals surface area contributed by atoms with Gasteiger partial charge in [-0.05, 0) is 27.0 Å². The standard InChI is InChI=1S/C10H20FNS/c1-8(13-5)10(11)6-12(7-10)9(2,3)4/h8H,6-7H2,1-5H3. The first-order chi connectivity index (χ1) is 5.79. The van der Waals surface area contributed by atoms with Gasteiger partial charge in [-0.1, -0.05) is 6.92 Å². The molecular formula is C10H20FNS. The lowest BCUT2D eigenvalue weighted by atomic mass is 9.87. The molecule has 0 radical (unpaired) electrons. The van der Waals surface area contributed by atoms with E-state index in [-0.39, 0.29) is 10.8 Å². The second-order valence-electron chi connectivity index (χ2n) is 4.94. The molecule has 13 heavy (non-hydrogen) atoms. The fourth-order valence-corrected chi connectivity index (χ4v) is 2.10. The first-order valence-electron chi connectivity index (χ1n) is 4.76. The SMILES string of the molecule is CSC(C)C1(F)CN(C(C)(C)C)C1. The molecule has 0 aromatic rings. The van der Waals surface area contributed by atoms with E-state index in [0.29, 0.717) is 13.1 Å². The second kappa shape index (κ2) is 3.43. The lowest BCUT2D eigenvalue weighted by Crippen LogP contribution is -2.68. The van der Waals surface area contributed by atoms with Crippen LogP contribution in [-0.4, -0.2) is 40.7 Å². The van der Waals surface area contributed by atoms with Gasteiger partial charge in [-0.2, -0.15) is 11.8 Å². The Morgan fingerprint density at radius 2 is 1.85 bits per heavy atom. The summed E-state index contributed by atoms with van der Waals surface area (Å²) in [5.74, 6) is 0. The summed E-state index contributed by atoms with van der Waals surface area (Å²) < 4.78 is 14.0. The zero-order valence-corrected chi connectivity index (χ0v) is 10.0. The largest absolute Gasteiger partial charge is 0.292 e. The van der Waals surface area contributed by atoms with Gasteiger partial charge in [-0.3, -0.25) is 4.90 Å². The van der Waals surface area contributed by atoms with Crippen molar-refractivity contribution in [2.75, 3.05) is 19.3 Å². The van der Waals surface area contributed by atoms with Crippen molar-refractivity contribution in [2.45, 2.75) is 44.2 Å². The molecule has 1 fully saturated rings. The van der Waals surface area contributed by atoms with E-state index < -0.39 is 5.67 Å². The molecule has 0 bridgehead atoms. The molecule has 1 atom stereocenters. The average molecular weight is 205 g/mol. The van der Waals surface area contributed by atoms with Gasteiger partial charge >= 0.3 is 0 Å². The first kappa shape index (κ1) is 11.3. The van der Waals surface area contributed by atoms with Crippen molar-refractivity contribution in [3.63, 3.8) is 0 Å². The minimum Gasteiger partial charge on any atom is -0.292 e. The maximum absolute atomic E-state index is 14.0. The molecule has 1 saturated heterocycles. The normalized spacial score (nSPS) is 25.4. The summed E-state index contributed by atoms with van der Waals surface area (Å²) in [5, 5.41) is 0.117. The monoisotopic (exact) mass is 205 g/mol. The fraction of sp³-hybridized carbons (Fsp3) is 1.00. The highest BCUT2D eigenvalue weighted by Gasteiger charge is 2.50. The maximum atomic E-state index is 14.0. The van der Waals surface area contributed by atoms with Gasteiger partial charge in [0, 0.05) is 23.9 Å². The van der Waals surface area contributed by atoms with E-state index in [0.717, 1.165) is 0 Å². The number of hydrogen-bond donors (Lipinski definition) is 0. The van der Waals surface area contributed by atoms with Crippen molar-refractivity contribution in [2.24, 2.45) is 0 Å². The van der Waals surface area contributed by atoms with Crippen molar-refractivity contribution in [3.05, 3.63) is 0 Å². The van der Waals surface area contributed by atoms with Crippen molar-refractivity contribution < 1.29 is 4.39 Å². The molecule has 0 aromatic carbocycles. The molecular weight excluding hydrogens is 185 g/mol. The van der Waals surface area contributed by atoms with Crippen LogP contribution in [-0.2, 0) is 0 Å². The molecule has 0 aromatic heterocycles. The Morgan fingerprint density at radius 3 is 2.15 bits per heavy atom. The quantitative estimate of drug-likeness (QED) is 0.681. The summed E-state index contributed by atoms with van der Waals surface area (Å²) in [7, 11) is 0. The van der Waals surface area contributed by atoms with Crippen LogP contribution < -0.4 is 0 Å². The molecule has 0 N–H and O–H groups in total. The Kier molecular flexibility index (Phi) is 2.98. The van der Waals surface area contributed by atoms with Gasteiger partial charge < -0.3 is 0 Å². The number of hydrogen-bond acceptors (Lipinski definition) is 2. The molecule has 1 heterocycles. The third kappa shape index (κ3) is 2.18. The van der Waals surface area contributed by atoms with Gasteiger partial charge in [0.15, 0.2) is 0 Å². The Bertz CT molecular complexity index is 182. The smallest absolute Gasteiger partial charge is 0.147 e. The van der Waals surface area contributed by atoms with Crippen LogP contribution in [0.4, 0.5) is 4.39 Å². The minimum absolute atomic E-state index is 0.117. The zero-order chi connectivity index (χ0) is 10.3. The molecule has 1 rings (SSSR count). The van der Waals surface area contributed by atoms with Crippen LogP contribution >= 0.6 is 11.8 Å². The third-order valence-electron chi connectivity index (χ3n) is 2.94.